The van der Waals surface area contributed by atoms with Gasteiger partial charge in [-0.25, -0.2) is 0 Å². The molecule has 0 unspecified atom stereocenters. The standard InChI is InChI=1S/C19H20N2O3/c1-13(2)23-17-9-7-15(8-10-17)12-22-18-6-4-5-16(11-18)19-20-14(3)24-21-19/h4-11,13H,12H2,1-3H3. The lowest BCUT2D eigenvalue weighted by molar-refractivity contribution is 0.242. The van der Waals surface area contributed by atoms with Crippen LogP contribution in [0.5, 0.6) is 11.5 Å². The summed E-state index contributed by atoms with van der Waals surface area (Å²) in [6, 6.07) is 15.6. The van der Waals surface area contributed by atoms with E-state index in [1.807, 2.05) is 62.4 Å². The van der Waals surface area contributed by atoms with Crippen molar-refractivity contribution in [2.45, 2.75) is 33.5 Å². The summed E-state index contributed by atoms with van der Waals surface area (Å²) >= 11 is 0. The molecular weight excluding hydrogens is 304 g/mol. The summed E-state index contributed by atoms with van der Waals surface area (Å²) in [5.41, 5.74) is 1.94. The van der Waals surface area contributed by atoms with Crippen molar-refractivity contribution in [2.75, 3.05) is 0 Å². The fourth-order valence-electron chi connectivity index (χ4n) is 2.24. The molecule has 124 valence electrons. The summed E-state index contributed by atoms with van der Waals surface area (Å²) in [4.78, 5) is 4.23. The minimum atomic E-state index is 0.170. The number of benzene rings is 2. The monoisotopic (exact) mass is 324 g/mol. The average Bonchev–Trinajstić information content (AvgIpc) is 3.01. The van der Waals surface area contributed by atoms with Crippen LogP contribution in [0.4, 0.5) is 0 Å². The molecule has 0 amide bonds. The van der Waals surface area contributed by atoms with Crippen LogP contribution in [0, 0.1) is 6.92 Å². The molecule has 0 atom stereocenters. The van der Waals surface area contributed by atoms with Crippen LogP contribution in [-0.2, 0) is 6.61 Å². The number of aryl methyl sites for hydroxylation is 1. The third-order valence-corrected chi connectivity index (χ3v) is 3.32. The van der Waals surface area contributed by atoms with Crippen molar-refractivity contribution in [3.63, 3.8) is 0 Å². The van der Waals surface area contributed by atoms with E-state index in [0.29, 0.717) is 18.3 Å². The second kappa shape index (κ2) is 7.17. The molecule has 5 heteroatoms. The molecule has 0 aliphatic rings. The Morgan fingerprint density at radius 2 is 1.83 bits per heavy atom. The lowest BCUT2D eigenvalue weighted by atomic mass is 10.2. The van der Waals surface area contributed by atoms with Crippen molar-refractivity contribution in [1.82, 2.24) is 10.1 Å². The van der Waals surface area contributed by atoms with Crippen LogP contribution < -0.4 is 9.47 Å². The van der Waals surface area contributed by atoms with Gasteiger partial charge in [0.2, 0.25) is 11.7 Å². The molecule has 3 rings (SSSR count). The molecule has 1 aromatic heterocycles. The topological polar surface area (TPSA) is 57.4 Å². The van der Waals surface area contributed by atoms with Crippen LogP contribution in [-0.4, -0.2) is 16.2 Å². The smallest absolute Gasteiger partial charge is 0.223 e. The van der Waals surface area contributed by atoms with Gasteiger partial charge in [0.15, 0.2) is 0 Å². The number of rotatable bonds is 6. The van der Waals surface area contributed by atoms with Gasteiger partial charge in [0.05, 0.1) is 6.10 Å². The molecule has 0 N–H and O–H groups in total. The molecule has 0 saturated carbocycles. The van der Waals surface area contributed by atoms with Crippen LogP contribution in [0.25, 0.3) is 11.4 Å². The van der Waals surface area contributed by atoms with Gasteiger partial charge in [-0.2, -0.15) is 4.98 Å². The Bertz CT molecular complexity index is 794. The SMILES string of the molecule is Cc1nc(-c2cccc(OCc3ccc(OC(C)C)cc3)c2)no1. The van der Waals surface area contributed by atoms with Crippen molar-refractivity contribution in [1.29, 1.82) is 0 Å². The van der Waals surface area contributed by atoms with Crippen LogP contribution in [0.2, 0.25) is 0 Å². The first-order valence-corrected chi connectivity index (χ1v) is 7.89. The molecule has 0 bridgehead atoms. The molecule has 1 heterocycles. The Kier molecular flexibility index (Phi) is 4.79. The Morgan fingerprint density at radius 3 is 2.50 bits per heavy atom. The zero-order chi connectivity index (χ0) is 16.9. The highest BCUT2D eigenvalue weighted by Crippen LogP contribution is 2.22. The highest BCUT2D eigenvalue weighted by atomic mass is 16.5. The first-order chi connectivity index (χ1) is 11.6. The predicted octanol–water partition coefficient (Wildman–Crippen LogP) is 4.41. The third kappa shape index (κ3) is 4.13. The van der Waals surface area contributed by atoms with Crippen molar-refractivity contribution in [3.8, 4) is 22.9 Å². The van der Waals surface area contributed by atoms with Crippen molar-refractivity contribution in [3.05, 3.63) is 60.0 Å². The molecule has 0 aliphatic heterocycles. The van der Waals surface area contributed by atoms with Gasteiger partial charge in [0.1, 0.15) is 18.1 Å². The normalized spacial score (nSPS) is 10.8. The Balaban J connectivity index is 1.64. The molecule has 3 aromatic rings. The number of ether oxygens (including phenoxy) is 2. The van der Waals surface area contributed by atoms with Gasteiger partial charge < -0.3 is 14.0 Å². The first-order valence-electron chi connectivity index (χ1n) is 7.89. The average molecular weight is 324 g/mol. The zero-order valence-electron chi connectivity index (χ0n) is 14.0. The number of hydrogen-bond donors (Lipinski definition) is 0. The van der Waals surface area contributed by atoms with E-state index in [0.717, 1.165) is 22.6 Å². The molecule has 2 aromatic carbocycles. The fraction of sp³-hybridized carbons (Fsp3) is 0.263. The maximum absolute atomic E-state index is 5.85. The van der Waals surface area contributed by atoms with E-state index in [1.165, 1.54) is 0 Å². The van der Waals surface area contributed by atoms with E-state index in [9.17, 15) is 0 Å². The van der Waals surface area contributed by atoms with Crippen molar-refractivity contribution in [2.24, 2.45) is 0 Å². The van der Waals surface area contributed by atoms with Gasteiger partial charge in [-0.05, 0) is 43.7 Å². The molecular formula is C19H20N2O3. The lowest BCUT2D eigenvalue weighted by Gasteiger charge is -2.11. The lowest BCUT2D eigenvalue weighted by Crippen LogP contribution is -2.05. The number of aromatic nitrogens is 2. The van der Waals surface area contributed by atoms with Crippen LogP contribution in [0.3, 0.4) is 0 Å². The largest absolute Gasteiger partial charge is 0.491 e. The molecule has 0 aliphatic carbocycles. The predicted molar refractivity (Wildman–Crippen MR) is 91.0 cm³/mol. The van der Waals surface area contributed by atoms with E-state index < -0.39 is 0 Å². The van der Waals surface area contributed by atoms with Gasteiger partial charge >= 0.3 is 0 Å². The molecule has 0 fully saturated rings. The quantitative estimate of drug-likeness (QED) is 0.672. The van der Waals surface area contributed by atoms with E-state index in [-0.39, 0.29) is 6.10 Å². The Morgan fingerprint density at radius 1 is 1.04 bits per heavy atom. The van der Waals surface area contributed by atoms with Crippen LogP contribution >= 0.6 is 0 Å². The summed E-state index contributed by atoms with van der Waals surface area (Å²) in [5.74, 6) is 2.73. The highest BCUT2D eigenvalue weighted by Gasteiger charge is 2.07. The third-order valence-electron chi connectivity index (χ3n) is 3.32. The minimum absolute atomic E-state index is 0.170. The van der Waals surface area contributed by atoms with E-state index >= 15 is 0 Å². The van der Waals surface area contributed by atoms with E-state index in [4.69, 9.17) is 14.0 Å². The highest BCUT2D eigenvalue weighted by molar-refractivity contribution is 5.56. The molecule has 0 radical (unpaired) electrons. The number of nitrogens with zero attached hydrogens (tertiary/aromatic N) is 2. The van der Waals surface area contributed by atoms with Gasteiger partial charge in [0.25, 0.3) is 0 Å². The fourth-order valence-corrected chi connectivity index (χ4v) is 2.24. The molecule has 5 nitrogen and oxygen atoms in total. The van der Waals surface area contributed by atoms with Crippen molar-refractivity contribution < 1.29 is 14.0 Å². The van der Waals surface area contributed by atoms with E-state index in [2.05, 4.69) is 10.1 Å². The summed E-state index contributed by atoms with van der Waals surface area (Å²) in [7, 11) is 0. The van der Waals surface area contributed by atoms with Crippen LogP contribution in [0.1, 0.15) is 25.3 Å². The van der Waals surface area contributed by atoms with Gasteiger partial charge in [-0.3, -0.25) is 0 Å². The first kappa shape index (κ1) is 16.1. The molecule has 0 saturated heterocycles. The maximum Gasteiger partial charge on any atom is 0.223 e. The molecule has 24 heavy (non-hydrogen) atoms. The van der Waals surface area contributed by atoms with Crippen LogP contribution in [0.15, 0.2) is 53.1 Å². The summed E-state index contributed by atoms with van der Waals surface area (Å²) in [5, 5.41) is 3.92. The Hall–Kier alpha value is -2.82. The summed E-state index contributed by atoms with van der Waals surface area (Å²) < 4.78 is 16.5. The number of hydrogen-bond acceptors (Lipinski definition) is 5. The van der Waals surface area contributed by atoms with Gasteiger partial charge in [0, 0.05) is 12.5 Å². The molecule has 0 spiro atoms. The van der Waals surface area contributed by atoms with Crippen molar-refractivity contribution >= 4 is 0 Å². The van der Waals surface area contributed by atoms with Gasteiger partial charge in [-0.15, -0.1) is 0 Å². The second-order valence-corrected chi connectivity index (χ2v) is 5.76. The zero-order valence-corrected chi connectivity index (χ0v) is 14.0. The Labute approximate surface area is 141 Å². The van der Waals surface area contributed by atoms with Gasteiger partial charge in [-0.1, -0.05) is 29.4 Å². The summed E-state index contributed by atoms with van der Waals surface area (Å²) in [6.45, 7) is 6.27. The summed E-state index contributed by atoms with van der Waals surface area (Å²) in [6.07, 6.45) is 0.170. The van der Waals surface area contributed by atoms with E-state index in [1.54, 1.807) is 6.92 Å². The maximum atomic E-state index is 5.85. The minimum Gasteiger partial charge on any atom is -0.491 e. The second-order valence-electron chi connectivity index (χ2n) is 5.76.